The van der Waals surface area contributed by atoms with Crippen LogP contribution in [0.4, 0.5) is 4.39 Å². The summed E-state index contributed by atoms with van der Waals surface area (Å²) in [6.45, 7) is 1.35. The number of rotatable bonds is 3. The predicted octanol–water partition coefficient (Wildman–Crippen LogP) is 5.30. The van der Waals surface area contributed by atoms with E-state index in [0.717, 1.165) is 53.2 Å². The van der Waals surface area contributed by atoms with Crippen LogP contribution in [0.2, 0.25) is 0 Å². The first-order chi connectivity index (χ1) is 14.0. The number of aryl methyl sites for hydroxylation is 1. The minimum Gasteiger partial charge on any atom is -0.347 e. The number of ether oxygens (including phenoxy) is 2. The molecule has 2 bridgehead atoms. The maximum Gasteiger partial charge on any atom is 0.174 e. The van der Waals surface area contributed by atoms with Gasteiger partial charge in [0.05, 0.1) is 24.6 Å². The summed E-state index contributed by atoms with van der Waals surface area (Å²) in [6, 6.07) is 8.47. The highest BCUT2D eigenvalue weighted by Gasteiger charge is 2.55. The highest BCUT2D eigenvalue weighted by molar-refractivity contribution is 6.30. The number of hydrogen-bond acceptors (Lipinski definition) is 3. The Bertz CT molecular complexity index is 973. The average molecular weight is 415 g/mol. The second-order valence-electron chi connectivity index (χ2n) is 8.15. The Labute approximate surface area is 175 Å². The molecule has 5 rings (SSSR count). The molecule has 0 amide bonds. The lowest BCUT2D eigenvalue weighted by Crippen LogP contribution is -2.40. The van der Waals surface area contributed by atoms with Crippen molar-refractivity contribution in [2.45, 2.75) is 31.5 Å². The molecule has 29 heavy (non-hydrogen) atoms. The van der Waals surface area contributed by atoms with Crippen molar-refractivity contribution < 1.29 is 13.9 Å². The van der Waals surface area contributed by atoms with Crippen molar-refractivity contribution in [1.82, 2.24) is 9.78 Å². The second-order valence-corrected chi connectivity index (χ2v) is 8.60. The van der Waals surface area contributed by atoms with Gasteiger partial charge in [0.1, 0.15) is 5.82 Å². The summed E-state index contributed by atoms with van der Waals surface area (Å²) in [5.74, 6) is 0.0160. The largest absolute Gasteiger partial charge is 0.347 e. The van der Waals surface area contributed by atoms with Crippen molar-refractivity contribution in [3.05, 3.63) is 58.5 Å². The SMILES string of the molecule is Cn1nc(/C=C/C2=C(Cl)C[C@@H]3CC[C@H](C2)C32OCCO2)cc1-c1ccc(F)cc1. The first-order valence-corrected chi connectivity index (χ1v) is 10.6. The molecule has 1 aromatic carbocycles. The van der Waals surface area contributed by atoms with Crippen LogP contribution in [0.1, 0.15) is 31.4 Å². The summed E-state index contributed by atoms with van der Waals surface area (Å²) >= 11 is 6.71. The van der Waals surface area contributed by atoms with Gasteiger partial charge < -0.3 is 9.47 Å². The lowest BCUT2D eigenvalue weighted by Gasteiger charge is -2.33. The number of allylic oxidation sites excluding steroid dienone is 3. The first-order valence-electron chi connectivity index (χ1n) is 10.2. The molecule has 2 aromatic rings. The Morgan fingerprint density at radius 2 is 1.79 bits per heavy atom. The Kier molecular flexibility index (Phi) is 4.85. The van der Waals surface area contributed by atoms with Gasteiger partial charge in [0.15, 0.2) is 5.79 Å². The quantitative estimate of drug-likeness (QED) is 0.684. The van der Waals surface area contributed by atoms with Gasteiger partial charge >= 0.3 is 0 Å². The fourth-order valence-corrected chi connectivity index (χ4v) is 5.40. The minimum atomic E-state index is -0.434. The van der Waals surface area contributed by atoms with Gasteiger partial charge in [0, 0.05) is 23.9 Å². The molecular formula is C23H24ClFN2O2. The summed E-state index contributed by atoms with van der Waals surface area (Å²) < 4.78 is 27.2. The molecule has 0 radical (unpaired) electrons. The van der Waals surface area contributed by atoms with Gasteiger partial charge in [-0.15, -0.1) is 0 Å². The Morgan fingerprint density at radius 3 is 2.52 bits per heavy atom. The maximum atomic E-state index is 13.2. The van der Waals surface area contributed by atoms with E-state index in [1.807, 2.05) is 23.9 Å². The van der Waals surface area contributed by atoms with Gasteiger partial charge in [-0.1, -0.05) is 17.7 Å². The fraction of sp³-hybridized carbons (Fsp3) is 0.435. The molecule has 152 valence electrons. The van der Waals surface area contributed by atoms with E-state index < -0.39 is 5.79 Å². The molecule has 2 atom stereocenters. The molecule has 1 aliphatic heterocycles. The molecule has 1 saturated heterocycles. The van der Waals surface area contributed by atoms with Crippen molar-refractivity contribution in [2.24, 2.45) is 18.9 Å². The van der Waals surface area contributed by atoms with Crippen LogP contribution in [0.15, 0.2) is 47.0 Å². The smallest absolute Gasteiger partial charge is 0.174 e. The van der Waals surface area contributed by atoms with Gasteiger partial charge in [0.2, 0.25) is 0 Å². The Balaban J connectivity index is 1.38. The van der Waals surface area contributed by atoms with Crippen LogP contribution >= 0.6 is 11.6 Å². The van der Waals surface area contributed by atoms with E-state index in [9.17, 15) is 4.39 Å². The van der Waals surface area contributed by atoms with Crippen LogP contribution in [0.3, 0.4) is 0 Å². The van der Waals surface area contributed by atoms with Crippen LogP contribution in [0, 0.1) is 17.7 Å². The molecule has 1 aromatic heterocycles. The van der Waals surface area contributed by atoms with Gasteiger partial charge in [0.25, 0.3) is 0 Å². The lowest BCUT2D eigenvalue weighted by atomic mass is 9.93. The maximum absolute atomic E-state index is 13.2. The van der Waals surface area contributed by atoms with E-state index in [1.165, 1.54) is 12.1 Å². The molecule has 6 heteroatoms. The van der Waals surface area contributed by atoms with Crippen molar-refractivity contribution in [3.63, 3.8) is 0 Å². The molecule has 3 aliphatic rings. The van der Waals surface area contributed by atoms with Gasteiger partial charge in [-0.3, -0.25) is 4.68 Å². The molecule has 1 saturated carbocycles. The van der Waals surface area contributed by atoms with Crippen LogP contribution in [0.5, 0.6) is 0 Å². The van der Waals surface area contributed by atoms with Crippen molar-refractivity contribution in [2.75, 3.05) is 13.2 Å². The zero-order chi connectivity index (χ0) is 20.0. The molecule has 1 spiro atoms. The number of nitrogens with zero attached hydrogens (tertiary/aromatic N) is 2. The lowest BCUT2D eigenvalue weighted by molar-refractivity contribution is -0.207. The van der Waals surface area contributed by atoms with Gasteiger partial charge in [-0.25, -0.2) is 4.39 Å². The zero-order valence-electron chi connectivity index (χ0n) is 16.4. The Hall–Kier alpha value is -1.95. The van der Waals surface area contributed by atoms with Crippen LogP contribution in [-0.4, -0.2) is 28.8 Å². The molecule has 0 N–H and O–H groups in total. The summed E-state index contributed by atoms with van der Waals surface area (Å²) in [4.78, 5) is 0. The molecule has 2 heterocycles. The van der Waals surface area contributed by atoms with E-state index in [4.69, 9.17) is 21.1 Å². The predicted molar refractivity (Wildman–Crippen MR) is 111 cm³/mol. The van der Waals surface area contributed by atoms with Crippen molar-refractivity contribution >= 4 is 17.7 Å². The summed E-state index contributed by atoms with van der Waals surface area (Å²) in [6.07, 6.45) is 7.99. The van der Waals surface area contributed by atoms with Crippen LogP contribution < -0.4 is 0 Å². The summed E-state index contributed by atoms with van der Waals surface area (Å²) in [7, 11) is 1.89. The van der Waals surface area contributed by atoms with Gasteiger partial charge in [-0.2, -0.15) is 5.10 Å². The molecule has 2 fully saturated rings. The van der Waals surface area contributed by atoms with E-state index in [0.29, 0.717) is 25.0 Å². The van der Waals surface area contributed by atoms with E-state index in [2.05, 4.69) is 11.2 Å². The first kappa shape index (κ1) is 19.0. The van der Waals surface area contributed by atoms with E-state index in [1.54, 1.807) is 12.1 Å². The van der Waals surface area contributed by atoms with Crippen molar-refractivity contribution in [1.29, 1.82) is 0 Å². The molecule has 4 nitrogen and oxygen atoms in total. The molecular weight excluding hydrogens is 391 g/mol. The molecule has 0 unspecified atom stereocenters. The highest BCUT2D eigenvalue weighted by atomic mass is 35.5. The fourth-order valence-electron chi connectivity index (χ4n) is 5.07. The number of benzene rings is 1. The normalized spacial score (nSPS) is 26.0. The second kappa shape index (κ2) is 7.38. The third-order valence-corrected chi connectivity index (χ3v) is 6.87. The van der Waals surface area contributed by atoms with Crippen molar-refractivity contribution in [3.8, 4) is 11.3 Å². The summed E-state index contributed by atoms with van der Waals surface area (Å²) in [5.41, 5.74) is 3.87. The zero-order valence-corrected chi connectivity index (χ0v) is 17.2. The van der Waals surface area contributed by atoms with Crippen LogP contribution in [0.25, 0.3) is 17.3 Å². The Morgan fingerprint density at radius 1 is 1.10 bits per heavy atom. The third-order valence-electron chi connectivity index (χ3n) is 6.47. The highest BCUT2D eigenvalue weighted by Crippen LogP contribution is 2.54. The van der Waals surface area contributed by atoms with Crippen LogP contribution in [-0.2, 0) is 16.5 Å². The van der Waals surface area contributed by atoms with E-state index in [-0.39, 0.29) is 5.82 Å². The van der Waals surface area contributed by atoms with E-state index >= 15 is 0 Å². The standard InChI is InChI=1S/C23H24ClFN2O2/c1-27-22(15-2-7-19(25)8-3-15)14-20(26-27)9-4-16-12-17-5-6-18(13-21(16)24)23(17)28-10-11-29-23/h2-4,7-9,14,17-18H,5-6,10-13H2,1H3/b9-4+/t17-,18+/m1/s1. The number of halogens is 2. The number of aromatic nitrogens is 2. The average Bonchev–Trinajstić information content (AvgIpc) is 3.39. The minimum absolute atomic E-state index is 0.242. The monoisotopic (exact) mass is 414 g/mol. The third kappa shape index (κ3) is 3.35. The molecule has 2 aliphatic carbocycles. The van der Waals surface area contributed by atoms with Gasteiger partial charge in [-0.05, 0) is 73.2 Å². The number of hydrogen-bond donors (Lipinski definition) is 0. The summed E-state index contributed by atoms with van der Waals surface area (Å²) in [5, 5.41) is 5.49. The topological polar surface area (TPSA) is 36.3 Å².